The van der Waals surface area contributed by atoms with Crippen molar-refractivity contribution in [1.82, 2.24) is 24.9 Å². The Morgan fingerprint density at radius 2 is 0.656 bits per heavy atom. The van der Waals surface area contributed by atoms with Gasteiger partial charge >= 0.3 is 0 Å². The van der Waals surface area contributed by atoms with E-state index < -0.39 is 0 Å². The van der Waals surface area contributed by atoms with E-state index in [4.69, 9.17) is 15.0 Å². The van der Waals surface area contributed by atoms with Crippen LogP contribution in [0.1, 0.15) is 0 Å². The molecule has 0 saturated heterocycles. The van der Waals surface area contributed by atoms with Crippen molar-refractivity contribution in [3.05, 3.63) is 237 Å². The normalized spacial score (nSPS) is 11.1. The van der Waals surface area contributed by atoms with Gasteiger partial charge in [-0.15, -0.1) is 0 Å². The van der Waals surface area contributed by atoms with Crippen LogP contribution in [0.25, 0.3) is 112 Å². The van der Waals surface area contributed by atoms with E-state index in [0.717, 1.165) is 61.2 Å². The Labute approximate surface area is 372 Å². The smallest absolute Gasteiger partial charge is 0.164 e. The molecule has 3 aromatic heterocycles. The number of rotatable bonds is 9. The van der Waals surface area contributed by atoms with E-state index >= 15 is 0 Å². The molecule has 0 N–H and O–H groups in total. The second kappa shape index (κ2) is 17.0. The minimum absolute atomic E-state index is 0.575. The van der Waals surface area contributed by atoms with Gasteiger partial charge in [0.05, 0.1) is 0 Å². The standard InChI is InChI=1S/C59H39N5/c1-3-11-40(12-4-1)47-17-9-18-48(35-47)51-36-50(41-21-23-44(24-22-41)54-20-10-16-42-15-7-8-19-53(42)54)37-52(38-51)55-26-25-49(39-56(55)43-13-5-2-6-14-43)59-63-57(45-27-31-60-32-28-45)62-58(64-59)46-29-33-61-34-30-46/h1-39H. The maximum Gasteiger partial charge on any atom is 0.164 e. The highest BCUT2D eigenvalue weighted by atomic mass is 15.0. The summed E-state index contributed by atoms with van der Waals surface area (Å²) in [5.41, 5.74) is 16.3. The van der Waals surface area contributed by atoms with E-state index in [0.29, 0.717) is 17.5 Å². The highest BCUT2D eigenvalue weighted by Crippen LogP contribution is 2.41. The van der Waals surface area contributed by atoms with Crippen molar-refractivity contribution in [2.24, 2.45) is 0 Å². The van der Waals surface area contributed by atoms with Gasteiger partial charge < -0.3 is 0 Å². The van der Waals surface area contributed by atoms with Crippen molar-refractivity contribution in [2.75, 3.05) is 0 Å². The summed E-state index contributed by atoms with van der Waals surface area (Å²) in [5.74, 6) is 1.73. The fourth-order valence-corrected chi connectivity index (χ4v) is 8.50. The minimum Gasteiger partial charge on any atom is -0.265 e. The van der Waals surface area contributed by atoms with E-state index in [9.17, 15) is 0 Å². The SMILES string of the molecule is c1ccc(-c2cccc(-c3cc(-c4ccc(-c5cccc6ccccc56)cc4)cc(-c4ccc(-c5nc(-c6ccncc6)nc(-c6ccncc6)n5)cc4-c4ccccc4)c3)c2)cc1. The second-order valence-corrected chi connectivity index (χ2v) is 15.8. The third kappa shape index (κ3) is 7.74. The van der Waals surface area contributed by atoms with Crippen molar-refractivity contribution >= 4 is 10.8 Å². The fourth-order valence-electron chi connectivity index (χ4n) is 8.50. The second-order valence-electron chi connectivity index (χ2n) is 15.8. The molecule has 5 nitrogen and oxygen atoms in total. The molecule has 300 valence electrons. The summed E-state index contributed by atoms with van der Waals surface area (Å²) in [5, 5.41) is 2.48. The van der Waals surface area contributed by atoms with Crippen LogP contribution in [0.5, 0.6) is 0 Å². The first-order valence-electron chi connectivity index (χ1n) is 21.4. The lowest BCUT2D eigenvalue weighted by Gasteiger charge is -2.17. The lowest BCUT2D eigenvalue weighted by Crippen LogP contribution is -2.00. The third-order valence-electron chi connectivity index (χ3n) is 11.7. The summed E-state index contributed by atoms with van der Waals surface area (Å²) in [7, 11) is 0. The first-order chi connectivity index (χ1) is 31.7. The Hall–Kier alpha value is -8.67. The van der Waals surface area contributed by atoms with Gasteiger partial charge in [-0.1, -0.05) is 158 Å². The van der Waals surface area contributed by atoms with E-state index in [1.807, 2.05) is 24.3 Å². The molecule has 0 radical (unpaired) electrons. The van der Waals surface area contributed by atoms with Gasteiger partial charge in [0.15, 0.2) is 17.5 Å². The summed E-state index contributed by atoms with van der Waals surface area (Å²) in [6.45, 7) is 0. The topological polar surface area (TPSA) is 64.5 Å². The molecule has 0 spiro atoms. The van der Waals surface area contributed by atoms with Gasteiger partial charge in [-0.25, -0.2) is 15.0 Å². The molecule has 0 atom stereocenters. The number of pyridine rings is 2. The number of fused-ring (bicyclic) bond motifs is 1. The molecule has 0 aliphatic heterocycles. The van der Waals surface area contributed by atoms with Gasteiger partial charge in [0.1, 0.15) is 0 Å². The maximum absolute atomic E-state index is 5.06. The van der Waals surface area contributed by atoms with Gasteiger partial charge in [-0.3, -0.25) is 9.97 Å². The zero-order valence-corrected chi connectivity index (χ0v) is 34.8. The van der Waals surface area contributed by atoms with E-state index in [1.54, 1.807) is 24.8 Å². The third-order valence-corrected chi connectivity index (χ3v) is 11.7. The lowest BCUT2D eigenvalue weighted by molar-refractivity contribution is 1.07. The maximum atomic E-state index is 5.06. The number of aromatic nitrogens is 5. The molecule has 0 fully saturated rings. The molecule has 0 saturated carbocycles. The number of hydrogen-bond acceptors (Lipinski definition) is 5. The largest absolute Gasteiger partial charge is 0.265 e. The van der Waals surface area contributed by atoms with Crippen LogP contribution in [0.4, 0.5) is 0 Å². The monoisotopic (exact) mass is 817 g/mol. The van der Waals surface area contributed by atoms with Crippen molar-refractivity contribution in [1.29, 1.82) is 0 Å². The van der Waals surface area contributed by atoms with Crippen molar-refractivity contribution in [2.45, 2.75) is 0 Å². The first kappa shape index (κ1) is 38.3. The minimum atomic E-state index is 0.575. The van der Waals surface area contributed by atoms with Crippen LogP contribution in [0.3, 0.4) is 0 Å². The molecular formula is C59H39N5. The van der Waals surface area contributed by atoms with E-state index in [1.165, 1.54) is 33.0 Å². The predicted octanol–water partition coefficient (Wildman–Crippen LogP) is 14.8. The molecule has 0 aliphatic rings. The van der Waals surface area contributed by atoms with Crippen LogP contribution in [0.15, 0.2) is 237 Å². The van der Waals surface area contributed by atoms with Crippen LogP contribution in [-0.4, -0.2) is 24.9 Å². The highest BCUT2D eigenvalue weighted by Gasteiger charge is 2.17. The molecular weight excluding hydrogens is 779 g/mol. The lowest BCUT2D eigenvalue weighted by atomic mass is 9.88. The van der Waals surface area contributed by atoms with E-state index in [-0.39, 0.29) is 0 Å². The molecule has 5 heteroatoms. The average Bonchev–Trinajstić information content (AvgIpc) is 3.39. The van der Waals surface area contributed by atoms with Gasteiger partial charge in [-0.05, 0) is 132 Å². The number of nitrogens with zero attached hydrogens (tertiary/aromatic N) is 5. The molecule has 0 aliphatic carbocycles. The van der Waals surface area contributed by atoms with Crippen LogP contribution < -0.4 is 0 Å². The summed E-state index contributed by atoms with van der Waals surface area (Å²) in [6.07, 6.45) is 7.03. The number of hydrogen-bond donors (Lipinski definition) is 0. The Kier molecular flexibility index (Phi) is 10.2. The number of benzene rings is 8. The molecule has 8 aromatic carbocycles. The Bertz CT molecular complexity index is 3350. The van der Waals surface area contributed by atoms with Gasteiger partial charge in [-0.2, -0.15) is 0 Å². The highest BCUT2D eigenvalue weighted by molar-refractivity contribution is 5.97. The summed E-state index contributed by atoms with van der Waals surface area (Å²) in [6, 6.07) is 75.3. The Morgan fingerprint density at radius 3 is 1.33 bits per heavy atom. The van der Waals surface area contributed by atoms with Crippen LogP contribution in [0.2, 0.25) is 0 Å². The van der Waals surface area contributed by atoms with Gasteiger partial charge in [0, 0.05) is 41.5 Å². The van der Waals surface area contributed by atoms with E-state index in [2.05, 4.69) is 198 Å². The van der Waals surface area contributed by atoms with Crippen LogP contribution in [0, 0.1) is 0 Å². The quantitative estimate of drug-likeness (QED) is 0.145. The summed E-state index contributed by atoms with van der Waals surface area (Å²) < 4.78 is 0. The fraction of sp³-hybridized carbons (Fsp3) is 0. The van der Waals surface area contributed by atoms with Crippen molar-refractivity contribution < 1.29 is 0 Å². The average molecular weight is 818 g/mol. The van der Waals surface area contributed by atoms with Crippen LogP contribution >= 0.6 is 0 Å². The van der Waals surface area contributed by atoms with Crippen molar-refractivity contribution in [3.63, 3.8) is 0 Å². The molecule has 64 heavy (non-hydrogen) atoms. The molecule has 11 rings (SSSR count). The Balaban J connectivity index is 1.08. The van der Waals surface area contributed by atoms with Crippen molar-refractivity contribution in [3.8, 4) is 101 Å². The van der Waals surface area contributed by atoms with Gasteiger partial charge in [0.25, 0.3) is 0 Å². The molecule has 0 amide bonds. The zero-order valence-electron chi connectivity index (χ0n) is 34.8. The van der Waals surface area contributed by atoms with Gasteiger partial charge in [0.2, 0.25) is 0 Å². The molecule has 0 bridgehead atoms. The summed E-state index contributed by atoms with van der Waals surface area (Å²) in [4.78, 5) is 23.5. The predicted molar refractivity (Wildman–Crippen MR) is 262 cm³/mol. The summed E-state index contributed by atoms with van der Waals surface area (Å²) >= 11 is 0. The Morgan fingerprint density at radius 1 is 0.219 bits per heavy atom. The zero-order chi connectivity index (χ0) is 42.7. The molecule has 3 heterocycles. The first-order valence-corrected chi connectivity index (χ1v) is 21.4. The molecule has 0 unspecified atom stereocenters. The molecule has 11 aromatic rings. The van der Waals surface area contributed by atoms with Crippen LogP contribution in [-0.2, 0) is 0 Å².